The molecule has 0 aliphatic carbocycles. The van der Waals surface area contributed by atoms with Crippen LogP contribution in [-0.2, 0) is 6.42 Å². The minimum absolute atomic E-state index is 0.870. The first kappa shape index (κ1) is 12.0. The number of benzene rings is 1. The maximum atomic E-state index is 4.66. The van der Waals surface area contributed by atoms with Crippen LogP contribution in [-0.4, -0.2) is 42.5 Å². The van der Waals surface area contributed by atoms with Crippen molar-refractivity contribution in [3.63, 3.8) is 0 Å². The Morgan fingerprint density at radius 2 is 2.11 bits per heavy atom. The predicted molar refractivity (Wildman–Crippen MR) is 78.4 cm³/mol. The zero-order valence-corrected chi connectivity index (χ0v) is 11.1. The summed E-state index contributed by atoms with van der Waals surface area (Å²) in [6.07, 6.45) is 0.914. The maximum Gasteiger partial charge on any atom is 0.193 e. The summed E-state index contributed by atoms with van der Waals surface area (Å²) in [6, 6.07) is 12.5. The zero-order chi connectivity index (χ0) is 13.1. The summed E-state index contributed by atoms with van der Waals surface area (Å²) in [5, 5.41) is 4.56. The largest absolute Gasteiger partial charge is 0.356 e. The number of nitrogens with zero attached hydrogens (tertiary/aromatic N) is 3. The lowest BCUT2D eigenvalue weighted by Gasteiger charge is -2.14. The molecule has 19 heavy (non-hydrogen) atoms. The molecular formula is C15H18N4. The van der Waals surface area contributed by atoms with Crippen LogP contribution < -0.4 is 5.32 Å². The van der Waals surface area contributed by atoms with Gasteiger partial charge in [0.2, 0.25) is 0 Å². The number of aliphatic imine (C=N–C) groups is 1. The molecule has 0 bridgehead atoms. The van der Waals surface area contributed by atoms with E-state index in [2.05, 4.69) is 51.5 Å². The van der Waals surface area contributed by atoms with Gasteiger partial charge in [-0.3, -0.25) is 9.98 Å². The van der Waals surface area contributed by atoms with Crippen molar-refractivity contribution in [1.29, 1.82) is 0 Å². The number of para-hydroxylation sites is 1. The molecule has 0 amide bonds. The van der Waals surface area contributed by atoms with E-state index in [0.717, 1.165) is 43.2 Å². The molecule has 0 atom stereocenters. The summed E-state index contributed by atoms with van der Waals surface area (Å²) in [6.45, 7) is 2.78. The van der Waals surface area contributed by atoms with Crippen molar-refractivity contribution in [3.8, 4) is 0 Å². The number of aromatic nitrogens is 1. The zero-order valence-electron chi connectivity index (χ0n) is 11.1. The van der Waals surface area contributed by atoms with Crippen LogP contribution in [0.2, 0.25) is 0 Å². The summed E-state index contributed by atoms with van der Waals surface area (Å²) in [4.78, 5) is 11.2. The number of guanidine groups is 1. The molecule has 0 fully saturated rings. The Morgan fingerprint density at radius 3 is 2.95 bits per heavy atom. The molecule has 1 aromatic carbocycles. The lowest BCUT2D eigenvalue weighted by atomic mass is 10.2. The Morgan fingerprint density at radius 1 is 1.21 bits per heavy atom. The third-order valence-electron chi connectivity index (χ3n) is 3.38. The molecule has 98 valence electrons. The van der Waals surface area contributed by atoms with E-state index in [1.165, 1.54) is 5.39 Å². The van der Waals surface area contributed by atoms with Crippen LogP contribution in [0.15, 0.2) is 41.4 Å². The molecule has 0 saturated carbocycles. The molecule has 3 rings (SSSR count). The molecule has 2 heterocycles. The lowest BCUT2D eigenvalue weighted by molar-refractivity contribution is 0.534. The molecule has 1 aliphatic rings. The van der Waals surface area contributed by atoms with E-state index in [0.29, 0.717) is 0 Å². The fraction of sp³-hybridized carbons (Fsp3) is 0.333. The van der Waals surface area contributed by atoms with Crippen LogP contribution in [0.25, 0.3) is 10.9 Å². The molecule has 0 spiro atoms. The molecule has 4 nitrogen and oxygen atoms in total. The third kappa shape index (κ3) is 2.67. The van der Waals surface area contributed by atoms with Crippen molar-refractivity contribution in [1.82, 2.24) is 15.2 Å². The van der Waals surface area contributed by atoms with Crippen LogP contribution in [0.3, 0.4) is 0 Å². The van der Waals surface area contributed by atoms with Crippen molar-refractivity contribution in [2.75, 3.05) is 26.7 Å². The van der Waals surface area contributed by atoms with Crippen molar-refractivity contribution in [3.05, 3.63) is 42.1 Å². The van der Waals surface area contributed by atoms with Crippen LogP contribution in [0, 0.1) is 0 Å². The van der Waals surface area contributed by atoms with E-state index >= 15 is 0 Å². The topological polar surface area (TPSA) is 40.5 Å². The van der Waals surface area contributed by atoms with Gasteiger partial charge in [-0.15, -0.1) is 0 Å². The normalized spacial score (nSPS) is 14.8. The van der Waals surface area contributed by atoms with Crippen LogP contribution in [0.1, 0.15) is 5.69 Å². The van der Waals surface area contributed by atoms with Gasteiger partial charge >= 0.3 is 0 Å². The highest BCUT2D eigenvalue weighted by Gasteiger charge is 2.10. The van der Waals surface area contributed by atoms with Crippen LogP contribution in [0.5, 0.6) is 0 Å². The SMILES string of the molecule is CN1CCN=C1NCCc1ccc2ccccc2n1. The van der Waals surface area contributed by atoms with E-state index in [1.54, 1.807) is 0 Å². The summed E-state index contributed by atoms with van der Waals surface area (Å²) < 4.78 is 0. The Kier molecular flexibility index (Phi) is 3.31. The number of hydrogen-bond donors (Lipinski definition) is 1. The third-order valence-corrected chi connectivity index (χ3v) is 3.38. The summed E-state index contributed by atoms with van der Waals surface area (Å²) in [5.41, 5.74) is 2.18. The monoisotopic (exact) mass is 254 g/mol. The van der Waals surface area contributed by atoms with Gasteiger partial charge in [-0.25, -0.2) is 0 Å². The number of pyridine rings is 1. The first-order valence-electron chi connectivity index (χ1n) is 6.67. The second kappa shape index (κ2) is 5.26. The van der Waals surface area contributed by atoms with Gasteiger partial charge in [-0.1, -0.05) is 24.3 Å². The van der Waals surface area contributed by atoms with Gasteiger partial charge in [0.05, 0.1) is 12.1 Å². The fourth-order valence-corrected chi connectivity index (χ4v) is 2.27. The van der Waals surface area contributed by atoms with Crippen molar-refractivity contribution >= 4 is 16.9 Å². The standard InChI is InChI=1S/C15H18N4/c1-19-11-10-17-15(19)16-9-8-13-7-6-12-4-2-3-5-14(12)18-13/h2-7H,8-11H2,1H3,(H,16,17). The smallest absolute Gasteiger partial charge is 0.193 e. The number of nitrogens with one attached hydrogen (secondary N) is 1. The molecule has 1 N–H and O–H groups in total. The van der Waals surface area contributed by atoms with E-state index in [9.17, 15) is 0 Å². The lowest BCUT2D eigenvalue weighted by Crippen LogP contribution is -2.36. The number of rotatable bonds is 3. The highest BCUT2D eigenvalue weighted by Crippen LogP contribution is 2.11. The predicted octanol–water partition coefficient (Wildman–Crippen LogP) is 1.67. The van der Waals surface area contributed by atoms with Gasteiger partial charge in [-0.05, 0) is 12.1 Å². The molecular weight excluding hydrogens is 236 g/mol. The van der Waals surface area contributed by atoms with Gasteiger partial charge < -0.3 is 10.2 Å². The number of fused-ring (bicyclic) bond motifs is 1. The Balaban J connectivity index is 1.62. The Labute approximate surface area is 113 Å². The molecule has 0 unspecified atom stereocenters. The van der Waals surface area contributed by atoms with Crippen molar-refractivity contribution < 1.29 is 0 Å². The highest BCUT2D eigenvalue weighted by molar-refractivity contribution is 5.81. The number of likely N-dealkylation sites (N-methyl/N-ethyl adjacent to an activating group) is 1. The van der Waals surface area contributed by atoms with Crippen LogP contribution >= 0.6 is 0 Å². The minimum Gasteiger partial charge on any atom is -0.356 e. The molecule has 4 heteroatoms. The van der Waals surface area contributed by atoms with Crippen LogP contribution in [0.4, 0.5) is 0 Å². The molecule has 2 aromatic rings. The minimum atomic E-state index is 0.870. The van der Waals surface area contributed by atoms with Gasteiger partial charge in [0.15, 0.2) is 5.96 Å². The van der Waals surface area contributed by atoms with Gasteiger partial charge in [0.1, 0.15) is 0 Å². The average Bonchev–Trinajstić information content (AvgIpc) is 2.84. The average molecular weight is 254 g/mol. The van der Waals surface area contributed by atoms with Crippen molar-refractivity contribution in [2.24, 2.45) is 4.99 Å². The second-order valence-corrected chi connectivity index (χ2v) is 4.80. The molecule has 1 aromatic heterocycles. The molecule has 1 aliphatic heterocycles. The van der Waals surface area contributed by atoms with E-state index in [-0.39, 0.29) is 0 Å². The fourth-order valence-electron chi connectivity index (χ4n) is 2.27. The Hall–Kier alpha value is -2.10. The first-order valence-corrected chi connectivity index (χ1v) is 6.67. The van der Waals surface area contributed by atoms with E-state index < -0.39 is 0 Å². The van der Waals surface area contributed by atoms with Gasteiger partial charge in [0, 0.05) is 37.6 Å². The first-order chi connectivity index (χ1) is 9.33. The van der Waals surface area contributed by atoms with E-state index in [4.69, 9.17) is 0 Å². The highest BCUT2D eigenvalue weighted by atomic mass is 15.3. The second-order valence-electron chi connectivity index (χ2n) is 4.80. The van der Waals surface area contributed by atoms with Gasteiger partial charge in [-0.2, -0.15) is 0 Å². The van der Waals surface area contributed by atoms with E-state index in [1.807, 2.05) is 12.1 Å². The van der Waals surface area contributed by atoms with Gasteiger partial charge in [0.25, 0.3) is 0 Å². The summed E-state index contributed by atoms with van der Waals surface area (Å²) in [7, 11) is 2.06. The number of hydrogen-bond acceptors (Lipinski definition) is 4. The molecule has 0 radical (unpaired) electrons. The molecule has 0 saturated heterocycles. The Bertz CT molecular complexity index is 606. The summed E-state index contributed by atoms with van der Waals surface area (Å²) in [5.74, 6) is 1.00. The summed E-state index contributed by atoms with van der Waals surface area (Å²) >= 11 is 0. The maximum absolute atomic E-state index is 4.66. The quantitative estimate of drug-likeness (QED) is 0.905. The van der Waals surface area contributed by atoms with Crippen molar-refractivity contribution in [2.45, 2.75) is 6.42 Å².